The summed E-state index contributed by atoms with van der Waals surface area (Å²) >= 11 is 0.868. The van der Waals surface area contributed by atoms with Crippen molar-refractivity contribution in [3.63, 3.8) is 0 Å². The van der Waals surface area contributed by atoms with Gasteiger partial charge in [0.05, 0.1) is 10.9 Å². The minimum absolute atomic E-state index is 0.00550. The number of aromatic amines is 1. The monoisotopic (exact) mass is 368 g/mol. The highest BCUT2D eigenvalue weighted by Gasteiger charge is 2.30. The highest BCUT2D eigenvalue weighted by molar-refractivity contribution is 7.20. The number of aromatic nitrogens is 2. The minimum Gasteiger partial charge on any atom is -0.477 e. The van der Waals surface area contributed by atoms with E-state index in [1.807, 2.05) is 0 Å². The zero-order valence-electron chi connectivity index (χ0n) is 12.8. The van der Waals surface area contributed by atoms with Crippen molar-refractivity contribution in [1.82, 2.24) is 9.97 Å². The van der Waals surface area contributed by atoms with Gasteiger partial charge < -0.3 is 10.1 Å². The molecule has 0 aliphatic carbocycles. The van der Waals surface area contributed by atoms with E-state index in [9.17, 15) is 22.8 Å². The molecule has 0 saturated heterocycles. The summed E-state index contributed by atoms with van der Waals surface area (Å²) in [5, 5.41) is 9.32. The molecule has 0 atom stereocenters. The Hall–Kier alpha value is -2.68. The zero-order chi connectivity index (χ0) is 18.4. The third-order valence-corrected chi connectivity index (χ3v) is 4.84. The molecular weight excluding hydrogens is 357 g/mol. The third kappa shape index (κ3) is 3.27. The number of hydrogen-bond donors (Lipinski definition) is 2. The number of carboxylic acids is 1. The second-order valence-electron chi connectivity index (χ2n) is 5.43. The number of fused-ring (bicyclic) bond motifs is 1. The molecule has 0 aliphatic rings. The van der Waals surface area contributed by atoms with Gasteiger partial charge in [-0.2, -0.15) is 13.2 Å². The van der Waals surface area contributed by atoms with E-state index in [2.05, 4.69) is 9.97 Å². The molecule has 2 heterocycles. The summed E-state index contributed by atoms with van der Waals surface area (Å²) in [6.07, 6.45) is -4.46. The second-order valence-corrected chi connectivity index (χ2v) is 6.43. The first-order chi connectivity index (χ1) is 11.7. The maximum atomic E-state index is 12.8. The van der Waals surface area contributed by atoms with Crippen molar-refractivity contribution in [3.8, 4) is 0 Å². The smallest absolute Gasteiger partial charge is 0.416 e. The zero-order valence-corrected chi connectivity index (χ0v) is 13.6. The molecule has 2 aromatic heterocycles. The topological polar surface area (TPSA) is 83.0 Å². The van der Waals surface area contributed by atoms with E-state index in [1.165, 1.54) is 19.1 Å². The van der Waals surface area contributed by atoms with Crippen LogP contribution in [0.4, 0.5) is 13.2 Å². The van der Waals surface area contributed by atoms with Crippen LogP contribution in [0.15, 0.2) is 29.1 Å². The van der Waals surface area contributed by atoms with E-state index in [4.69, 9.17) is 5.11 Å². The van der Waals surface area contributed by atoms with Gasteiger partial charge in [-0.1, -0.05) is 18.2 Å². The van der Waals surface area contributed by atoms with Crippen LogP contribution >= 0.6 is 11.3 Å². The molecule has 3 rings (SSSR count). The van der Waals surface area contributed by atoms with Crippen molar-refractivity contribution in [2.75, 3.05) is 0 Å². The fourth-order valence-electron chi connectivity index (χ4n) is 2.53. The quantitative estimate of drug-likeness (QED) is 0.740. The average Bonchev–Trinajstić information content (AvgIpc) is 2.84. The molecule has 25 heavy (non-hydrogen) atoms. The Morgan fingerprint density at radius 2 is 2.08 bits per heavy atom. The Kier molecular flexibility index (Phi) is 4.11. The van der Waals surface area contributed by atoms with Gasteiger partial charge in [-0.05, 0) is 24.1 Å². The molecule has 130 valence electrons. The van der Waals surface area contributed by atoms with Gasteiger partial charge >= 0.3 is 12.1 Å². The number of aryl methyl sites for hydroxylation is 1. The van der Waals surface area contributed by atoms with E-state index in [0.29, 0.717) is 11.1 Å². The number of thiophene rings is 1. The Labute approximate surface area is 142 Å². The fraction of sp³-hybridized carbons (Fsp3) is 0.188. The maximum Gasteiger partial charge on any atom is 0.416 e. The van der Waals surface area contributed by atoms with Gasteiger partial charge in [-0.3, -0.25) is 4.79 Å². The minimum atomic E-state index is -4.46. The predicted molar refractivity (Wildman–Crippen MR) is 86.2 cm³/mol. The summed E-state index contributed by atoms with van der Waals surface area (Å²) in [6.45, 7) is 1.52. The number of rotatable bonds is 3. The third-order valence-electron chi connectivity index (χ3n) is 3.67. The highest BCUT2D eigenvalue weighted by Crippen LogP contribution is 2.30. The summed E-state index contributed by atoms with van der Waals surface area (Å²) in [5.41, 5.74) is -0.627. The Bertz CT molecular complexity index is 1040. The van der Waals surface area contributed by atoms with Crippen molar-refractivity contribution in [1.29, 1.82) is 0 Å². The van der Waals surface area contributed by atoms with Crippen molar-refractivity contribution in [3.05, 3.63) is 62.0 Å². The number of halogens is 3. The summed E-state index contributed by atoms with van der Waals surface area (Å²) in [6, 6.07) is 4.74. The number of alkyl halides is 3. The van der Waals surface area contributed by atoms with Gasteiger partial charge in [0.15, 0.2) is 0 Å². The lowest BCUT2D eigenvalue weighted by atomic mass is 10.1. The van der Waals surface area contributed by atoms with Crippen molar-refractivity contribution < 1.29 is 23.1 Å². The maximum absolute atomic E-state index is 12.8. The van der Waals surface area contributed by atoms with Gasteiger partial charge in [-0.25, -0.2) is 9.78 Å². The van der Waals surface area contributed by atoms with Gasteiger partial charge in [0.1, 0.15) is 15.5 Å². The first kappa shape index (κ1) is 17.2. The molecule has 5 nitrogen and oxygen atoms in total. The normalized spacial score (nSPS) is 11.8. The Balaban J connectivity index is 2.03. The molecule has 0 radical (unpaired) electrons. The molecule has 0 saturated carbocycles. The van der Waals surface area contributed by atoms with E-state index < -0.39 is 23.3 Å². The molecule has 0 bridgehead atoms. The van der Waals surface area contributed by atoms with E-state index in [0.717, 1.165) is 23.5 Å². The molecule has 3 aromatic rings. The number of nitrogens with one attached hydrogen (secondary N) is 1. The number of aromatic carboxylic acids is 1. The standard InChI is InChI=1S/C16H11F3N2O3S/c1-7-11-13(22)20-10(21-14(11)25-12(7)15(23)24)6-8-3-2-4-9(5-8)16(17,18)19/h2-5H,6H2,1H3,(H,23,24)(H,20,21,22). The van der Waals surface area contributed by atoms with Crippen LogP contribution < -0.4 is 5.56 Å². The molecule has 0 unspecified atom stereocenters. The molecule has 9 heteroatoms. The predicted octanol–water partition coefficient (Wildman–Crippen LogP) is 3.60. The van der Waals surface area contributed by atoms with Crippen LogP contribution in [0.2, 0.25) is 0 Å². The number of carbonyl (C=O) groups is 1. The molecular formula is C16H11F3N2O3S. The number of carboxylic acid groups (broad SMARTS) is 1. The summed E-state index contributed by atoms with van der Waals surface area (Å²) in [7, 11) is 0. The highest BCUT2D eigenvalue weighted by atomic mass is 32.1. The van der Waals surface area contributed by atoms with Gasteiger partial charge in [0.25, 0.3) is 5.56 Å². The summed E-state index contributed by atoms with van der Waals surface area (Å²) < 4.78 is 38.3. The summed E-state index contributed by atoms with van der Waals surface area (Å²) in [5.74, 6) is -0.977. The summed E-state index contributed by atoms with van der Waals surface area (Å²) in [4.78, 5) is 30.4. The van der Waals surface area contributed by atoms with Gasteiger partial charge in [0.2, 0.25) is 0 Å². The van der Waals surface area contributed by atoms with Crippen LogP contribution in [0.5, 0.6) is 0 Å². The fourth-order valence-corrected chi connectivity index (χ4v) is 3.57. The average molecular weight is 368 g/mol. The van der Waals surface area contributed by atoms with Crippen LogP contribution in [0, 0.1) is 6.92 Å². The van der Waals surface area contributed by atoms with Crippen LogP contribution in [-0.4, -0.2) is 21.0 Å². The van der Waals surface area contributed by atoms with Crippen molar-refractivity contribution >= 4 is 27.5 Å². The van der Waals surface area contributed by atoms with Gasteiger partial charge in [-0.15, -0.1) is 11.3 Å². The number of benzene rings is 1. The largest absolute Gasteiger partial charge is 0.477 e. The lowest BCUT2D eigenvalue weighted by Gasteiger charge is -2.08. The Morgan fingerprint density at radius 1 is 1.36 bits per heavy atom. The van der Waals surface area contributed by atoms with Crippen LogP contribution in [0.1, 0.15) is 32.2 Å². The molecule has 2 N–H and O–H groups in total. The first-order valence-corrected chi connectivity index (χ1v) is 7.90. The first-order valence-electron chi connectivity index (χ1n) is 7.08. The Morgan fingerprint density at radius 3 is 2.72 bits per heavy atom. The van der Waals surface area contributed by atoms with Crippen LogP contribution in [0.3, 0.4) is 0 Å². The second kappa shape index (κ2) is 5.99. The molecule has 0 fully saturated rings. The number of H-pyrrole nitrogens is 1. The molecule has 1 aromatic carbocycles. The number of hydrogen-bond acceptors (Lipinski definition) is 4. The lowest BCUT2D eigenvalue weighted by Crippen LogP contribution is -2.12. The molecule has 0 amide bonds. The molecule has 0 aliphatic heterocycles. The lowest BCUT2D eigenvalue weighted by molar-refractivity contribution is -0.137. The van der Waals surface area contributed by atoms with Crippen molar-refractivity contribution in [2.24, 2.45) is 0 Å². The van der Waals surface area contributed by atoms with E-state index >= 15 is 0 Å². The number of nitrogens with zero attached hydrogens (tertiary/aromatic N) is 1. The van der Waals surface area contributed by atoms with Crippen molar-refractivity contribution in [2.45, 2.75) is 19.5 Å². The van der Waals surface area contributed by atoms with E-state index in [1.54, 1.807) is 0 Å². The SMILES string of the molecule is Cc1c(C(=O)O)sc2nc(Cc3cccc(C(F)(F)F)c3)[nH]c(=O)c12. The van der Waals surface area contributed by atoms with Crippen LogP contribution in [-0.2, 0) is 12.6 Å². The van der Waals surface area contributed by atoms with E-state index in [-0.39, 0.29) is 27.3 Å². The van der Waals surface area contributed by atoms with Crippen LogP contribution in [0.25, 0.3) is 10.2 Å². The molecule has 0 spiro atoms. The van der Waals surface area contributed by atoms with Gasteiger partial charge in [0, 0.05) is 6.42 Å².